The molecule has 1 atom stereocenters. The zero-order valence-corrected chi connectivity index (χ0v) is 8.54. The van der Waals surface area contributed by atoms with Crippen molar-refractivity contribution in [3.63, 3.8) is 0 Å². The molecule has 0 aliphatic rings. The molecule has 0 saturated heterocycles. The van der Waals surface area contributed by atoms with Gasteiger partial charge in [-0.05, 0) is 5.92 Å². The first kappa shape index (κ1) is 11.4. The van der Waals surface area contributed by atoms with E-state index >= 15 is 0 Å². The summed E-state index contributed by atoms with van der Waals surface area (Å²) < 4.78 is 0.616. The quantitative estimate of drug-likeness (QED) is 0.649. The average Bonchev–Trinajstić information content (AvgIpc) is 2.47. The molecule has 0 aliphatic heterocycles. The van der Waals surface area contributed by atoms with Gasteiger partial charge in [-0.2, -0.15) is 0 Å². The fourth-order valence-corrected chi connectivity index (χ4v) is 0.918. The zero-order chi connectivity index (χ0) is 11.6. The topological polar surface area (TPSA) is 97.7 Å². The minimum Gasteiger partial charge on any atom is -0.492 e. The first-order chi connectivity index (χ1) is 6.93. The molecule has 0 bridgehead atoms. The molecule has 1 rings (SSSR count). The van der Waals surface area contributed by atoms with Crippen molar-refractivity contribution in [3.8, 4) is 11.8 Å². The largest absolute Gasteiger partial charge is 0.492 e. The van der Waals surface area contributed by atoms with E-state index in [2.05, 4.69) is 0 Å². The molecule has 0 spiro atoms. The van der Waals surface area contributed by atoms with Crippen molar-refractivity contribution in [2.45, 2.75) is 19.9 Å². The van der Waals surface area contributed by atoms with Crippen LogP contribution in [-0.4, -0.2) is 27.0 Å². The number of nitrogens with zero attached hydrogens (tertiary/aromatic N) is 1. The Bertz CT molecular complexity index is 339. The molecule has 1 unspecified atom stereocenters. The Kier molecular flexibility index (Phi) is 3.21. The van der Waals surface area contributed by atoms with Crippen LogP contribution in [0.15, 0.2) is 12.1 Å². The van der Waals surface area contributed by atoms with E-state index in [4.69, 9.17) is 10.6 Å². The van der Waals surface area contributed by atoms with Gasteiger partial charge < -0.3 is 20.8 Å². The predicted molar refractivity (Wildman–Crippen MR) is 52.2 cm³/mol. The van der Waals surface area contributed by atoms with Crippen LogP contribution in [0.4, 0.5) is 0 Å². The second-order valence-electron chi connectivity index (χ2n) is 3.52. The van der Waals surface area contributed by atoms with Gasteiger partial charge in [0.2, 0.25) is 11.8 Å². The molecule has 6 heteroatoms. The number of hydrogen-bond donors (Lipinski definition) is 3. The summed E-state index contributed by atoms with van der Waals surface area (Å²) in [5.41, 5.74) is 5.53. The lowest BCUT2D eigenvalue weighted by atomic mass is 10.1. The van der Waals surface area contributed by atoms with E-state index in [9.17, 15) is 15.0 Å². The van der Waals surface area contributed by atoms with E-state index in [-0.39, 0.29) is 17.7 Å². The maximum atomic E-state index is 11.4. The molecule has 1 aromatic rings. The Morgan fingerprint density at radius 2 is 1.87 bits per heavy atom. The molecule has 6 nitrogen and oxygen atoms in total. The first-order valence-electron chi connectivity index (χ1n) is 4.51. The molecule has 15 heavy (non-hydrogen) atoms. The summed E-state index contributed by atoms with van der Waals surface area (Å²) >= 11 is 0. The number of nitrogens with two attached hydrogens (primary N) is 1. The summed E-state index contributed by atoms with van der Waals surface area (Å²) in [5, 5.41) is 18.4. The summed E-state index contributed by atoms with van der Waals surface area (Å²) in [6, 6.07) is 1.60. The maximum Gasteiger partial charge on any atom is 0.349 e. The molecule has 0 aliphatic carbocycles. The van der Waals surface area contributed by atoms with Crippen LogP contribution in [-0.2, 0) is 4.79 Å². The van der Waals surface area contributed by atoms with Crippen molar-refractivity contribution >= 4 is 5.97 Å². The smallest absolute Gasteiger partial charge is 0.349 e. The molecule has 1 aromatic heterocycles. The third-order valence-corrected chi connectivity index (χ3v) is 1.97. The maximum absolute atomic E-state index is 11.4. The van der Waals surface area contributed by atoms with E-state index in [0.717, 1.165) is 0 Å². The molecule has 0 radical (unpaired) electrons. The van der Waals surface area contributed by atoms with E-state index < -0.39 is 12.0 Å². The highest BCUT2D eigenvalue weighted by molar-refractivity contribution is 5.76. The van der Waals surface area contributed by atoms with Gasteiger partial charge >= 0.3 is 5.97 Å². The van der Waals surface area contributed by atoms with E-state index in [1.54, 1.807) is 13.8 Å². The van der Waals surface area contributed by atoms with E-state index in [1.165, 1.54) is 12.1 Å². The minimum atomic E-state index is -0.800. The molecule has 0 aromatic carbocycles. The second kappa shape index (κ2) is 4.22. The highest BCUT2D eigenvalue weighted by atomic mass is 16.7. The van der Waals surface area contributed by atoms with Gasteiger partial charge in [0.1, 0.15) is 6.04 Å². The van der Waals surface area contributed by atoms with Gasteiger partial charge in [0, 0.05) is 12.1 Å². The van der Waals surface area contributed by atoms with Crippen LogP contribution in [0.1, 0.15) is 13.8 Å². The van der Waals surface area contributed by atoms with Crippen molar-refractivity contribution in [2.24, 2.45) is 11.7 Å². The number of carbonyl (C=O) groups excluding carboxylic acids is 1. The normalized spacial score (nSPS) is 12.8. The Balaban J connectivity index is 2.75. The van der Waals surface area contributed by atoms with Gasteiger partial charge in [0.25, 0.3) is 0 Å². The SMILES string of the molecule is CC(C)C(N)C(=O)On1c(O)ccc1O. The molecule has 0 amide bonds. The summed E-state index contributed by atoms with van der Waals surface area (Å²) in [6.45, 7) is 3.53. The van der Waals surface area contributed by atoms with Crippen molar-refractivity contribution in [2.75, 3.05) is 0 Å². The number of hydrogen-bond acceptors (Lipinski definition) is 5. The standard InChI is InChI=1S/C9H14N2O4/c1-5(2)8(10)9(14)15-11-6(12)3-4-7(11)13/h3-5,8,12-13H,10H2,1-2H3. The van der Waals surface area contributed by atoms with Crippen LogP contribution in [0.25, 0.3) is 0 Å². The third-order valence-electron chi connectivity index (χ3n) is 1.97. The molecular weight excluding hydrogens is 200 g/mol. The van der Waals surface area contributed by atoms with Crippen molar-refractivity contribution < 1.29 is 19.8 Å². The van der Waals surface area contributed by atoms with Gasteiger partial charge in [0.05, 0.1) is 0 Å². The van der Waals surface area contributed by atoms with E-state index in [0.29, 0.717) is 4.73 Å². The van der Waals surface area contributed by atoms with Gasteiger partial charge in [0.15, 0.2) is 0 Å². The highest BCUT2D eigenvalue weighted by Crippen LogP contribution is 2.18. The summed E-state index contributed by atoms with van der Waals surface area (Å²) in [7, 11) is 0. The monoisotopic (exact) mass is 214 g/mol. The molecule has 84 valence electrons. The average molecular weight is 214 g/mol. The second-order valence-corrected chi connectivity index (χ2v) is 3.52. The summed E-state index contributed by atoms with van der Waals surface area (Å²) in [6.07, 6.45) is 0. The number of rotatable bonds is 3. The van der Waals surface area contributed by atoms with Gasteiger partial charge in [-0.25, -0.2) is 4.79 Å². The Morgan fingerprint density at radius 1 is 1.40 bits per heavy atom. The van der Waals surface area contributed by atoms with Crippen molar-refractivity contribution in [3.05, 3.63) is 12.1 Å². The van der Waals surface area contributed by atoms with Crippen LogP contribution < -0.4 is 10.6 Å². The fourth-order valence-electron chi connectivity index (χ4n) is 0.918. The van der Waals surface area contributed by atoms with Gasteiger partial charge in [-0.1, -0.05) is 13.8 Å². The third kappa shape index (κ3) is 2.41. The predicted octanol–water partition coefficient (Wildman–Crippen LogP) is -0.162. The van der Waals surface area contributed by atoms with Crippen LogP contribution in [0, 0.1) is 5.92 Å². The molecule has 1 heterocycles. The number of carbonyl (C=O) groups is 1. The first-order valence-corrected chi connectivity index (χ1v) is 4.51. The molecule has 0 saturated carbocycles. The summed E-state index contributed by atoms with van der Waals surface area (Å²) in [5.74, 6) is -1.53. The molecule has 0 fully saturated rings. The lowest BCUT2D eigenvalue weighted by Gasteiger charge is -2.14. The van der Waals surface area contributed by atoms with Gasteiger partial charge in [-0.3, -0.25) is 0 Å². The number of aromatic nitrogens is 1. The highest BCUT2D eigenvalue weighted by Gasteiger charge is 2.21. The lowest BCUT2D eigenvalue weighted by molar-refractivity contribution is -0.148. The van der Waals surface area contributed by atoms with Crippen LogP contribution >= 0.6 is 0 Å². The summed E-state index contributed by atoms with van der Waals surface area (Å²) in [4.78, 5) is 16.1. The lowest BCUT2D eigenvalue weighted by Crippen LogP contribution is -2.41. The molecular formula is C9H14N2O4. The fraction of sp³-hybridized carbons (Fsp3) is 0.444. The van der Waals surface area contributed by atoms with Crippen LogP contribution in [0.5, 0.6) is 11.8 Å². The number of aromatic hydroxyl groups is 2. The van der Waals surface area contributed by atoms with Gasteiger partial charge in [-0.15, -0.1) is 4.73 Å². The van der Waals surface area contributed by atoms with Crippen LogP contribution in [0.2, 0.25) is 0 Å². The van der Waals surface area contributed by atoms with Crippen molar-refractivity contribution in [1.29, 1.82) is 0 Å². The van der Waals surface area contributed by atoms with Crippen LogP contribution in [0.3, 0.4) is 0 Å². The Labute approximate surface area is 86.8 Å². The van der Waals surface area contributed by atoms with Crippen molar-refractivity contribution in [1.82, 2.24) is 4.73 Å². The molecule has 4 N–H and O–H groups in total. The van der Waals surface area contributed by atoms with E-state index in [1.807, 2.05) is 0 Å². The Hall–Kier alpha value is -1.69. The minimum absolute atomic E-state index is 0.0858. The Morgan fingerprint density at radius 3 is 2.27 bits per heavy atom. The zero-order valence-electron chi connectivity index (χ0n) is 8.54.